The Balaban J connectivity index is 2.57. The number of benzene rings is 1. The Hall–Kier alpha value is -1.45. The largest absolute Gasteiger partial charge is 0.298 e. The van der Waals surface area contributed by atoms with Crippen LogP contribution in [0.25, 0.3) is 11.4 Å². The molecule has 0 spiro atoms. The molecule has 0 bridgehead atoms. The molecule has 80 valence electrons. The lowest BCUT2D eigenvalue weighted by molar-refractivity contribution is 0.112. The molecular formula is C11H6Cl2N2O. The maximum atomic E-state index is 10.6. The first-order chi connectivity index (χ1) is 7.72. The molecule has 1 aromatic carbocycles. The lowest BCUT2D eigenvalue weighted by Gasteiger charge is -2.03. The second-order valence-corrected chi connectivity index (χ2v) is 3.74. The summed E-state index contributed by atoms with van der Waals surface area (Å²) in [7, 11) is 0. The second-order valence-electron chi connectivity index (χ2n) is 3.03. The van der Waals surface area contributed by atoms with Gasteiger partial charge in [-0.05, 0) is 0 Å². The highest BCUT2D eigenvalue weighted by atomic mass is 35.5. The molecule has 0 fully saturated rings. The summed E-state index contributed by atoms with van der Waals surface area (Å²) in [4.78, 5) is 18.7. The Morgan fingerprint density at radius 3 is 2.06 bits per heavy atom. The minimum atomic E-state index is 0.0638. The number of hydrogen-bond donors (Lipinski definition) is 0. The van der Waals surface area contributed by atoms with E-state index in [1.165, 1.54) is 0 Å². The molecule has 0 saturated carbocycles. The normalized spacial score (nSPS) is 10.1. The third kappa shape index (κ3) is 2.05. The van der Waals surface area contributed by atoms with Crippen LogP contribution in [0.4, 0.5) is 0 Å². The highest BCUT2D eigenvalue weighted by Crippen LogP contribution is 2.23. The molecule has 5 heteroatoms. The van der Waals surface area contributed by atoms with E-state index in [9.17, 15) is 4.79 Å². The summed E-state index contributed by atoms with van der Waals surface area (Å²) < 4.78 is 0. The first kappa shape index (κ1) is 11.0. The van der Waals surface area contributed by atoms with Gasteiger partial charge in [0.1, 0.15) is 10.3 Å². The summed E-state index contributed by atoms with van der Waals surface area (Å²) in [6.07, 6.45) is 0.541. The second kappa shape index (κ2) is 4.60. The summed E-state index contributed by atoms with van der Waals surface area (Å²) in [5.41, 5.74) is 0.909. The molecule has 0 unspecified atom stereocenters. The maximum Gasteiger partial charge on any atom is 0.162 e. The van der Waals surface area contributed by atoms with Crippen LogP contribution in [-0.4, -0.2) is 16.3 Å². The van der Waals surface area contributed by atoms with Gasteiger partial charge in [0.15, 0.2) is 12.1 Å². The molecule has 2 rings (SSSR count). The molecule has 0 aliphatic carbocycles. The lowest BCUT2D eigenvalue weighted by Crippen LogP contribution is -1.96. The van der Waals surface area contributed by atoms with Crippen molar-refractivity contribution < 1.29 is 4.79 Å². The molecule has 0 saturated heterocycles. The zero-order valence-corrected chi connectivity index (χ0v) is 9.53. The molecule has 3 nitrogen and oxygen atoms in total. The van der Waals surface area contributed by atoms with Gasteiger partial charge in [0.05, 0.1) is 5.56 Å². The number of nitrogens with zero attached hydrogens (tertiary/aromatic N) is 2. The van der Waals surface area contributed by atoms with E-state index in [0.717, 1.165) is 5.56 Å². The molecule has 16 heavy (non-hydrogen) atoms. The number of aldehydes is 1. The predicted octanol–water partition coefficient (Wildman–Crippen LogP) is 3.26. The molecule has 0 amide bonds. The first-order valence-electron chi connectivity index (χ1n) is 4.46. The average molecular weight is 253 g/mol. The van der Waals surface area contributed by atoms with E-state index in [1.807, 2.05) is 30.3 Å². The van der Waals surface area contributed by atoms with Gasteiger partial charge in [-0.15, -0.1) is 0 Å². The van der Waals surface area contributed by atoms with Gasteiger partial charge < -0.3 is 0 Å². The minimum absolute atomic E-state index is 0.0638. The number of rotatable bonds is 2. The molecule has 1 aromatic heterocycles. The van der Waals surface area contributed by atoms with Gasteiger partial charge in [-0.25, -0.2) is 9.97 Å². The number of hydrogen-bond acceptors (Lipinski definition) is 3. The molecular weight excluding hydrogens is 247 g/mol. The number of aromatic nitrogens is 2. The third-order valence-corrected chi connectivity index (χ3v) is 2.58. The summed E-state index contributed by atoms with van der Waals surface area (Å²) in [6, 6.07) is 9.26. The Morgan fingerprint density at radius 1 is 1.00 bits per heavy atom. The molecule has 0 atom stereocenters. The highest BCUT2D eigenvalue weighted by molar-refractivity contribution is 6.37. The van der Waals surface area contributed by atoms with E-state index in [4.69, 9.17) is 23.2 Å². The zero-order chi connectivity index (χ0) is 11.5. The number of carbonyl (C=O) groups excluding carboxylic acids is 1. The SMILES string of the molecule is O=Cc1c(Cl)nc(-c2ccccc2)nc1Cl. The number of carbonyl (C=O) groups is 1. The summed E-state index contributed by atoms with van der Waals surface area (Å²) in [6.45, 7) is 0. The van der Waals surface area contributed by atoms with Crippen LogP contribution in [0.15, 0.2) is 30.3 Å². The van der Waals surface area contributed by atoms with Crippen molar-refractivity contribution >= 4 is 29.5 Å². The lowest BCUT2D eigenvalue weighted by atomic mass is 10.2. The van der Waals surface area contributed by atoms with Crippen molar-refractivity contribution in [3.8, 4) is 11.4 Å². The summed E-state index contributed by atoms with van der Waals surface area (Å²) in [5.74, 6) is 0.404. The van der Waals surface area contributed by atoms with Gasteiger partial charge in [-0.2, -0.15) is 0 Å². The Labute approximate surface area is 102 Å². The first-order valence-corrected chi connectivity index (χ1v) is 5.21. The zero-order valence-electron chi connectivity index (χ0n) is 8.02. The Bertz CT molecular complexity index is 506. The van der Waals surface area contributed by atoms with E-state index < -0.39 is 0 Å². The van der Waals surface area contributed by atoms with Gasteiger partial charge in [0, 0.05) is 5.56 Å². The average Bonchev–Trinajstić information content (AvgIpc) is 2.30. The van der Waals surface area contributed by atoms with Crippen LogP contribution in [-0.2, 0) is 0 Å². The van der Waals surface area contributed by atoms with E-state index >= 15 is 0 Å². The number of halogens is 2. The molecule has 0 aliphatic rings. The van der Waals surface area contributed by atoms with Crippen molar-refractivity contribution in [2.75, 3.05) is 0 Å². The van der Waals surface area contributed by atoms with Crippen molar-refractivity contribution in [1.29, 1.82) is 0 Å². The monoisotopic (exact) mass is 252 g/mol. The standard InChI is InChI=1S/C11H6Cl2N2O/c12-9-8(6-16)10(13)15-11(14-9)7-4-2-1-3-5-7/h1-6H. The van der Waals surface area contributed by atoms with Crippen LogP contribution in [0.1, 0.15) is 10.4 Å². The van der Waals surface area contributed by atoms with Gasteiger partial charge in [-0.3, -0.25) is 4.79 Å². The van der Waals surface area contributed by atoms with Crippen LogP contribution in [0.2, 0.25) is 10.3 Å². The smallest absolute Gasteiger partial charge is 0.162 e. The highest BCUT2D eigenvalue weighted by Gasteiger charge is 2.11. The topological polar surface area (TPSA) is 42.9 Å². The van der Waals surface area contributed by atoms with E-state index in [0.29, 0.717) is 12.1 Å². The van der Waals surface area contributed by atoms with Crippen molar-refractivity contribution in [2.45, 2.75) is 0 Å². The van der Waals surface area contributed by atoms with Gasteiger partial charge >= 0.3 is 0 Å². The molecule has 0 N–H and O–H groups in total. The van der Waals surface area contributed by atoms with Crippen LogP contribution in [0.5, 0.6) is 0 Å². The molecule has 0 radical (unpaired) electrons. The summed E-state index contributed by atoms with van der Waals surface area (Å²) >= 11 is 11.6. The van der Waals surface area contributed by atoms with Crippen LogP contribution >= 0.6 is 23.2 Å². The van der Waals surface area contributed by atoms with Crippen LogP contribution in [0, 0.1) is 0 Å². The van der Waals surface area contributed by atoms with Crippen LogP contribution < -0.4 is 0 Å². The fourth-order valence-electron chi connectivity index (χ4n) is 1.23. The van der Waals surface area contributed by atoms with Crippen molar-refractivity contribution in [3.63, 3.8) is 0 Å². The minimum Gasteiger partial charge on any atom is -0.298 e. The van der Waals surface area contributed by atoms with Crippen molar-refractivity contribution in [3.05, 3.63) is 46.2 Å². The van der Waals surface area contributed by atoms with Gasteiger partial charge in [0.2, 0.25) is 0 Å². The van der Waals surface area contributed by atoms with E-state index in [1.54, 1.807) is 0 Å². The fourth-order valence-corrected chi connectivity index (χ4v) is 1.71. The molecule has 2 aromatic rings. The van der Waals surface area contributed by atoms with E-state index in [2.05, 4.69) is 9.97 Å². The quantitative estimate of drug-likeness (QED) is 0.609. The van der Waals surface area contributed by atoms with E-state index in [-0.39, 0.29) is 15.9 Å². The summed E-state index contributed by atoms with van der Waals surface area (Å²) in [5, 5.41) is 0.128. The Kier molecular flexibility index (Phi) is 3.17. The van der Waals surface area contributed by atoms with Crippen molar-refractivity contribution in [1.82, 2.24) is 9.97 Å². The molecule has 0 aliphatic heterocycles. The Morgan fingerprint density at radius 2 is 1.56 bits per heavy atom. The van der Waals surface area contributed by atoms with Crippen molar-refractivity contribution in [2.24, 2.45) is 0 Å². The predicted molar refractivity (Wildman–Crippen MR) is 62.9 cm³/mol. The third-order valence-electron chi connectivity index (χ3n) is 2.00. The van der Waals surface area contributed by atoms with Crippen LogP contribution in [0.3, 0.4) is 0 Å². The molecule has 1 heterocycles. The van der Waals surface area contributed by atoms with Gasteiger partial charge in [0.25, 0.3) is 0 Å². The van der Waals surface area contributed by atoms with Gasteiger partial charge in [-0.1, -0.05) is 53.5 Å². The fraction of sp³-hybridized carbons (Fsp3) is 0. The maximum absolute atomic E-state index is 10.6.